The predicted molar refractivity (Wildman–Crippen MR) is 96.0 cm³/mol. The van der Waals surface area contributed by atoms with E-state index in [-0.39, 0.29) is 11.9 Å². The van der Waals surface area contributed by atoms with E-state index in [2.05, 4.69) is 4.98 Å². The zero-order valence-corrected chi connectivity index (χ0v) is 14.7. The fourth-order valence-corrected chi connectivity index (χ4v) is 3.15. The van der Waals surface area contributed by atoms with Crippen LogP contribution in [-0.2, 0) is 0 Å². The number of β-amino-alcohol motifs (C(OH)–C–C–N with tert-alkyl or cyclic N) is 1. The Hall–Kier alpha value is -2.60. The molecule has 1 aliphatic heterocycles. The van der Waals surface area contributed by atoms with Crippen LogP contribution in [-0.4, -0.2) is 54.8 Å². The average molecular weight is 341 g/mol. The highest BCUT2D eigenvalue weighted by molar-refractivity contribution is 5.94. The van der Waals surface area contributed by atoms with Crippen molar-refractivity contribution >= 4 is 11.7 Å². The Bertz CT molecular complexity index is 746. The van der Waals surface area contributed by atoms with Gasteiger partial charge in [0, 0.05) is 26.8 Å². The van der Waals surface area contributed by atoms with Crippen LogP contribution < -0.4 is 9.64 Å². The van der Waals surface area contributed by atoms with Crippen molar-refractivity contribution in [3.8, 4) is 5.75 Å². The van der Waals surface area contributed by atoms with Gasteiger partial charge in [-0.05, 0) is 36.2 Å². The van der Waals surface area contributed by atoms with Gasteiger partial charge in [-0.3, -0.25) is 4.79 Å². The first-order chi connectivity index (χ1) is 12.0. The van der Waals surface area contributed by atoms with Crippen LogP contribution in [0, 0.1) is 0 Å². The third-order valence-electron chi connectivity index (χ3n) is 4.47. The second-order valence-electron chi connectivity index (χ2n) is 6.44. The number of aromatic nitrogens is 1. The van der Waals surface area contributed by atoms with Gasteiger partial charge in [-0.2, -0.15) is 0 Å². The number of methoxy groups -OCH3 is 1. The number of hydrogen-bond donors (Lipinski definition) is 1. The van der Waals surface area contributed by atoms with E-state index >= 15 is 0 Å². The Labute approximate surface area is 147 Å². The van der Waals surface area contributed by atoms with Crippen LogP contribution >= 0.6 is 0 Å². The lowest BCUT2D eigenvalue weighted by Crippen LogP contribution is -2.32. The Morgan fingerprint density at radius 2 is 2.12 bits per heavy atom. The van der Waals surface area contributed by atoms with Crippen molar-refractivity contribution < 1.29 is 14.6 Å². The molecule has 25 heavy (non-hydrogen) atoms. The molecule has 2 heterocycles. The maximum absolute atomic E-state index is 12.9. The molecular weight excluding hydrogens is 318 g/mol. The number of rotatable bonds is 4. The maximum atomic E-state index is 12.9. The van der Waals surface area contributed by atoms with Crippen LogP contribution in [0.25, 0.3) is 0 Å². The van der Waals surface area contributed by atoms with Gasteiger partial charge in [-0.25, -0.2) is 4.98 Å². The Kier molecular flexibility index (Phi) is 4.90. The van der Waals surface area contributed by atoms with E-state index in [1.807, 2.05) is 49.3 Å². The van der Waals surface area contributed by atoms with E-state index in [1.165, 1.54) is 0 Å². The Balaban J connectivity index is 1.86. The Morgan fingerprint density at radius 1 is 1.32 bits per heavy atom. The number of nitrogens with zero attached hydrogens (tertiary/aromatic N) is 3. The molecule has 2 aromatic rings. The highest BCUT2D eigenvalue weighted by Gasteiger charge is 2.36. The first kappa shape index (κ1) is 17.2. The van der Waals surface area contributed by atoms with Gasteiger partial charge in [-0.1, -0.05) is 12.1 Å². The van der Waals surface area contributed by atoms with E-state index in [0.29, 0.717) is 18.5 Å². The fraction of sp³-hybridized carbons (Fsp3) is 0.368. The SMILES string of the molecule is COc1cccc([C@H]2C[C@@H](O)CN2C(=O)c2ccc(N(C)C)nc2)c1. The number of pyridine rings is 1. The molecule has 1 amide bonds. The molecule has 0 saturated carbocycles. The summed E-state index contributed by atoms with van der Waals surface area (Å²) in [6.45, 7) is 0.316. The zero-order chi connectivity index (χ0) is 18.0. The summed E-state index contributed by atoms with van der Waals surface area (Å²) in [5.41, 5.74) is 1.48. The summed E-state index contributed by atoms with van der Waals surface area (Å²) in [6.07, 6.45) is 1.57. The highest BCUT2D eigenvalue weighted by Crippen LogP contribution is 2.34. The first-order valence-electron chi connectivity index (χ1n) is 8.26. The number of aliphatic hydroxyl groups excluding tert-OH is 1. The fourth-order valence-electron chi connectivity index (χ4n) is 3.15. The number of carbonyl (C=O) groups excluding carboxylic acids is 1. The summed E-state index contributed by atoms with van der Waals surface area (Å²) < 4.78 is 5.28. The van der Waals surface area contributed by atoms with Gasteiger partial charge in [-0.15, -0.1) is 0 Å². The van der Waals surface area contributed by atoms with E-state index in [9.17, 15) is 9.90 Å². The van der Waals surface area contributed by atoms with E-state index in [0.717, 1.165) is 17.1 Å². The average Bonchev–Trinajstić information content (AvgIpc) is 3.03. The molecule has 0 radical (unpaired) electrons. The molecule has 6 heteroatoms. The summed E-state index contributed by atoms with van der Waals surface area (Å²) in [7, 11) is 5.42. The van der Waals surface area contributed by atoms with Crippen molar-refractivity contribution in [2.45, 2.75) is 18.6 Å². The molecular formula is C19H23N3O3. The lowest BCUT2D eigenvalue weighted by Gasteiger charge is -2.25. The molecule has 0 bridgehead atoms. The minimum Gasteiger partial charge on any atom is -0.497 e. The number of amides is 1. The van der Waals surface area contributed by atoms with Gasteiger partial charge in [0.1, 0.15) is 11.6 Å². The normalized spacial score (nSPS) is 19.8. The van der Waals surface area contributed by atoms with Crippen LogP contribution in [0.1, 0.15) is 28.4 Å². The molecule has 1 aromatic carbocycles. The third kappa shape index (κ3) is 3.58. The molecule has 1 aromatic heterocycles. The van der Waals surface area contributed by atoms with Crippen molar-refractivity contribution in [2.75, 3.05) is 32.6 Å². The molecule has 1 N–H and O–H groups in total. The summed E-state index contributed by atoms with van der Waals surface area (Å²) in [6, 6.07) is 11.1. The maximum Gasteiger partial charge on any atom is 0.256 e. The van der Waals surface area contributed by atoms with Gasteiger partial charge in [0.2, 0.25) is 0 Å². The topological polar surface area (TPSA) is 65.9 Å². The quantitative estimate of drug-likeness (QED) is 0.923. The number of aliphatic hydroxyl groups is 1. The first-order valence-corrected chi connectivity index (χ1v) is 8.26. The monoisotopic (exact) mass is 341 g/mol. The van der Waals surface area contributed by atoms with Crippen LogP contribution in [0.2, 0.25) is 0 Å². The van der Waals surface area contributed by atoms with Crippen LogP contribution in [0.5, 0.6) is 5.75 Å². The zero-order valence-electron chi connectivity index (χ0n) is 14.7. The number of likely N-dealkylation sites (tertiary alicyclic amines) is 1. The summed E-state index contributed by atoms with van der Waals surface area (Å²) in [5, 5.41) is 10.1. The number of anilines is 1. The van der Waals surface area contributed by atoms with Crippen molar-refractivity contribution in [1.29, 1.82) is 0 Å². The van der Waals surface area contributed by atoms with E-state index in [4.69, 9.17) is 4.74 Å². The van der Waals surface area contributed by atoms with Gasteiger partial charge >= 0.3 is 0 Å². The predicted octanol–water partition coefficient (Wildman–Crippen LogP) is 2.10. The van der Waals surface area contributed by atoms with Crippen molar-refractivity contribution in [1.82, 2.24) is 9.88 Å². The summed E-state index contributed by atoms with van der Waals surface area (Å²) in [5.74, 6) is 1.41. The number of ether oxygens (including phenoxy) is 1. The molecule has 132 valence electrons. The molecule has 2 atom stereocenters. The van der Waals surface area contributed by atoms with Gasteiger partial charge in [0.25, 0.3) is 5.91 Å². The standard InChI is InChI=1S/C19H23N3O3/c1-21(2)18-8-7-14(11-20-18)19(24)22-12-15(23)10-17(22)13-5-4-6-16(9-13)25-3/h4-9,11,15,17,23H,10,12H2,1-3H3/t15-,17-/m1/s1. The van der Waals surface area contributed by atoms with Crippen LogP contribution in [0.3, 0.4) is 0 Å². The smallest absolute Gasteiger partial charge is 0.256 e. The molecule has 3 rings (SSSR count). The molecule has 1 fully saturated rings. The van der Waals surface area contributed by atoms with Crippen molar-refractivity contribution in [2.24, 2.45) is 0 Å². The lowest BCUT2D eigenvalue weighted by atomic mass is 10.0. The van der Waals surface area contributed by atoms with Gasteiger partial charge in [0.05, 0.1) is 24.8 Å². The molecule has 1 aliphatic rings. The minimum absolute atomic E-state index is 0.123. The van der Waals surface area contributed by atoms with Crippen molar-refractivity contribution in [3.63, 3.8) is 0 Å². The summed E-state index contributed by atoms with van der Waals surface area (Å²) in [4.78, 5) is 20.8. The third-order valence-corrected chi connectivity index (χ3v) is 4.47. The summed E-state index contributed by atoms with van der Waals surface area (Å²) >= 11 is 0. The second-order valence-corrected chi connectivity index (χ2v) is 6.44. The number of benzene rings is 1. The molecule has 0 unspecified atom stereocenters. The van der Waals surface area contributed by atoms with Crippen molar-refractivity contribution in [3.05, 3.63) is 53.7 Å². The van der Waals surface area contributed by atoms with Gasteiger partial charge in [0.15, 0.2) is 0 Å². The van der Waals surface area contributed by atoms with Gasteiger partial charge < -0.3 is 19.6 Å². The van der Waals surface area contributed by atoms with Crippen LogP contribution in [0.4, 0.5) is 5.82 Å². The minimum atomic E-state index is -0.533. The largest absolute Gasteiger partial charge is 0.497 e. The molecule has 0 aliphatic carbocycles. The highest BCUT2D eigenvalue weighted by atomic mass is 16.5. The van der Waals surface area contributed by atoms with Crippen LogP contribution in [0.15, 0.2) is 42.6 Å². The number of hydrogen-bond acceptors (Lipinski definition) is 5. The Morgan fingerprint density at radius 3 is 2.76 bits per heavy atom. The molecule has 0 spiro atoms. The van der Waals surface area contributed by atoms with E-state index < -0.39 is 6.10 Å². The second kappa shape index (κ2) is 7.11. The number of carbonyl (C=O) groups is 1. The molecule has 1 saturated heterocycles. The van der Waals surface area contributed by atoms with E-state index in [1.54, 1.807) is 24.3 Å². The molecule has 6 nitrogen and oxygen atoms in total. The lowest BCUT2D eigenvalue weighted by molar-refractivity contribution is 0.0715.